The molecule has 0 radical (unpaired) electrons. The van der Waals surface area contributed by atoms with Gasteiger partial charge in [-0.2, -0.15) is 5.26 Å². The number of carbonyl (C=O) groups excluding carboxylic acids is 2. The first kappa shape index (κ1) is 34.2. The lowest BCUT2D eigenvalue weighted by Crippen LogP contribution is -2.54. The molecule has 2 fully saturated rings. The van der Waals surface area contributed by atoms with Crippen LogP contribution in [0.5, 0.6) is 11.6 Å². The van der Waals surface area contributed by atoms with Crippen molar-refractivity contribution in [2.75, 3.05) is 20.3 Å². The molecular weight excluding hydrogens is 612 g/mol. The normalized spacial score (nSPS) is 18.7. The number of aliphatic carboxylic acids is 1. The zero-order chi connectivity index (χ0) is 34.6. The number of pyridine rings is 1. The van der Waals surface area contributed by atoms with E-state index in [4.69, 9.17) is 19.2 Å². The van der Waals surface area contributed by atoms with E-state index in [2.05, 4.69) is 24.5 Å². The van der Waals surface area contributed by atoms with Crippen molar-refractivity contribution in [2.24, 2.45) is 11.3 Å². The average molecular weight is 655 g/mol. The Morgan fingerprint density at radius 2 is 1.92 bits per heavy atom. The van der Waals surface area contributed by atoms with Crippen LogP contribution >= 0.6 is 0 Å². The number of likely N-dealkylation sites (tertiary alicyclic amines) is 1. The number of aromatic nitrogens is 1. The van der Waals surface area contributed by atoms with E-state index in [9.17, 15) is 24.8 Å². The number of benzene rings is 2. The van der Waals surface area contributed by atoms with Gasteiger partial charge in [-0.15, -0.1) is 6.58 Å². The maximum atomic E-state index is 14.1. The van der Waals surface area contributed by atoms with Gasteiger partial charge in [0.25, 0.3) is 0 Å². The van der Waals surface area contributed by atoms with Gasteiger partial charge in [-0.25, -0.2) is 14.6 Å². The number of nitrogens with zero attached hydrogens (tertiary/aromatic N) is 3. The molecule has 48 heavy (non-hydrogen) atoms. The molecular formula is C37H42N4O7. The third kappa shape index (κ3) is 7.23. The van der Waals surface area contributed by atoms with E-state index in [0.717, 1.165) is 36.5 Å². The number of hydrogen-bond acceptors (Lipinski definition) is 8. The molecule has 1 aromatic heterocycles. The lowest BCUT2D eigenvalue weighted by Gasteiger charge is -2.30. The van der Waals surface area contributed by atoms with Crippen molar-refractivity contribution < 1.29 is 33.7 Å². The fraction of sp³-hybridized carbons (Fsp3) is 0.432. The van der Waals surface area contributed by atoms with Crippen LogP contribution in [0.15, 0.2) is 49.6 Å². The predicted molar refractivity (Wildman–Crippen MR) is 182 cm³/mol. The van der Waals surface area contributed by atoms with Crippen molar-refractivity contribution in [3.05, 3.63) is 60.7 Å². The van der Waals surface area contributed by atoms with Crippen molar-refractivity contribution in [1.82, 2.24) is 15.2 Å². The van der Waals surface area contributed by atoms with Crippen molar-refractivity contribution in [2.45, 2.75) is 70.6 Å². The fourth-order valence-corrected chi connectivity index (χ4v) is 6.76. The number of allylic oxidation sites excluding steroid dienone is 1. The zero-order valence-corrected chi connectivity index (χ0v) is 27.7. The third-order valence-corrected chi connectivity index (χ3v) is 9.27. The first-order valence-electron chi connectivity index (χ1n) is 16.2. The van der Waals surface area contributed by atoms with Gasteiger partial charge in [-0.05, 0) is 49.4 Å². The first-order valence-corrected chi connectivity index (χ1v) is 16.2. The number of carboxylic acids is 1. The average Bonchev–Trinajstić information content (AvgIpc) is 3.76. The molecule has 2 N–H and O–H groups in total. The van der Waals surface area contributed by atoms with Crippen LogP contribution in [-0.4, -0.2) is 71.4 Å². The lowest BCUT2D eigenvalue weighted by molar-refractivity contribution is -0.149. The topological polar surface area (TPSA) is 151 Å². The quantitative estimate of drug-likeness (QED) is 0.171. The molecule has 2 heterocycles. The predicted octanol–water partition coefficient (Wildman–Crippen LogP) is 6.23. The molecule has 2 aliphatic rings. The van der Waals surface area contributed by atoms with Gasteiger partial charge in [-0.3, -0.25) is 4.79 Å². The number of ether oxygens (including phenoxy) is 3. The minimum Gasteiger partial charge on any atom is -0.496 e. The van der Waals surface area contributed by atoms with Crippen LogP contribution in [0.3, 0.4) is 0 Å². The van der Waals surface area contributed by atoms with Crippen LogP contribution in [0.2, 0.25) is 0 Å². The second kappa shape index (κ2) is 14.3. The van der Waals surface area contributed by atoms with E-state index in [1.165, 1.54) is 4.90 Å². The van der Waals surface area contributed by atoms with Crippen molar-refractivity contribution in [3.63, 3.8) is 0 Å². The van der Waals surface area contributed by atoms with Gasteiger partial charge in [0.05, 0.1) is 37.4 Å². The van der Waals surface area contributed by atoms with Crippen LogP contribution in [0.1, 0.15) is 63.5 Å². The van der Waals surface area contributed by atoms with E-state index in [1.807, 2.05) is 32.0 Å². The maximum Gasteiger partial charge on any atom is 0.407 e. The van der Waals surface area contributed by atoms with Crippen LogP contribution in [0, 0.1) is 22.7 Å². The Labute approximate surface area is 280 Å². The Morgan fingerprint density at radius 3 is 2.56 bits per heavy atom. The highest BCUT2D eigenvalue weighted by atomic mass is 16.5. The molecule has 0 unspecified atom stereocenters. The minimum absolute atomic E-state index is 0.0164. The Bertz CT molecular complexity index is 1790. The molecule has 252 valence electrons. The SMILES string of the molecule is C=CCC(C)(C)COC(=O)N[C@H](C(=O)N1C[C@H](Oc2nc3cc(C#N)ccc3c3cc(OC)c(C=C)cc23)C[C@H]1C(=O)O)C1CCCC1. The van der Waals surface area contributed by atoms with Gasteiger partial charge in [0.2, 0.25) is 11.8 Å². The van der Waals surface area contributed by atoms with E-state index < -0.39 is 36.2 Å². The van der Waals surface area contributed by atoms with E-state index in [-0.39, 0.29) is 36.8 Å². The van der Waals surface area contributed by atoms with E-state index in [1.54, 1.807) is 31.4 Å². The standard InChI is InChI=1S/C37H42N4O7/c1-6-14-37(3,4)21-47-36(45)40-32(24-10-8-9-11-24)34(42)41-20-25(17-30(41)35(43)44)48-33-28-16-23(7-2)31(46-5)18-27(28)26-13-12-22(19-38)15-29(26)39-33/h6-7,12-13,15-16,18,24-25,30,32H,1-2,8-11,14,17,20-21H2,3-5H3,(H,40,45)(H,43,44)/t25-,30+,32+/m1/s1. The van der Waals surface area contributed by atoms with Gasteiger partial charge in [0.15, 0.2) is 0 Å². The van der Waals surface area contributed by atoms with Gasteiger partial charge in [0.1, 0.15) is 23.9 Å². The molecule has 5 rings (SSSR count). The number of carbonyl (C=O) groups is 3. The zero-order valence-electron chi connectivity index (χ0n) is 27.7. The van der Waals surface area contributed by atoms with Crippen molar-refractivity contribution in [3.8, 4) is 17.7 Å². The number of alkyl carbamates (subject to hydrolysis) is 1. The number of nitrogens with one attached hydrogen (secondary N) is 1. The highest BCUT2D eigenvalue weighted by molar-refractivity contribution is 6.09. The Kier molecular flexibility index (Phi) is 10.2. The van der Waals surface area contributed by atoms with E-state index in [0.29, 0.717) is 34.2 Å². The molecule has 1 aliphatic carbocycles. The van der Waals surface area contributed by atoms with Crippen LogP contribution < -0.4 is 14.8 Å². The van der Waals surface area contributed by atoms with Crippen molar-refractivity contribution >= 4 is 45.7 Å². The van der Waals surface area contributed by atoms with Gasteiger partial charge >= 0.3 is 12.1 Å². The summed E-state index contributed by atoms with van der Waals surface area (Å²) in [4.78, 5) is 45.7. The summed E-state index contributed by atoms with van der Waals surface area (Å²) in [6, 6.07) is 8.92. The van der Waals surface area contributed by atoms with Crippen LogP contribution in [0.4, 0.5) is 4.79 Å². The maximum absolute atomic E-state index is 14.1. The number of methoxy groups -OCH3 is 1. The highest BCUT2D eigenvalue weighted by Gasteiger charge is 2.45. The van der Waals surface area contributed by atoms with Crippen LogP contribution in [-0.2, 0) is 14.3 Å². The first-order chi connectivity index (χ1) is 23.0. The molecule has 1 saturated heterocycles. The lowest BCUT2D eigenvalue weighted by atomic mass is 9.91. The molecule has 0 spiro atoms. The number of amides is 2. The second-order valence-electron chi connectivity index (χ2n) is 13.3. The molecule has 2 amide bonds. The molecule has 11 heteroatoms. The van der Waals surface area contributed by atoms with Crippen LogP contribution in [0.25, 0.3) is 27.8 Å². The fourth-order valence-electron chi connectivity index (χ4n) is 6.76. The Hall–Kier alpha value is -5.11. The number of hydrogen-bond donors (Lipinski definition) is 2. The molecule has 11 nitrogen and oxygen atoms in total. The highest BCUT2D eigenvalue weighted by Crippen LogP contribution is 2.38. The summed E-state index contributed by atoms with van der Waals surface area (Å²) in [5.41, 5.74) is 1.33. The molecule has 2 aromatic carbocycles. The smallest absolute Gasteiger partial charge is 0.407 e. The van der Waals surface area contributed by atoms with Crippen molar-refractivity contribution in [1.29, 1.82) is 5.26 Å². The summed E-state index contributed by atoms with van der Waals surface area (Å²) < 4.78 is 17.5. The van der Waals surface area contributed by atoms with Gasteiger partial charge in [-0.1, -0.05) is 51.5 Å². The molecule has 1 aliphatic heterocycles. The minimum atomic E-state index is -1.17. The third-order valence-electron chi connectivity index (χ3n) is 9.27. The summed E-state index contributed by atoms with van der Waals surface area (Å²) in [6.07, 6.45) is 5.94. The molecule has 1 saturated carbocycles. The Morgan fingerprint density at radius 1 is 1.17 bits per heavy atom. The van der Waals surface area contributed by atoms with E-state index >= 15 is 0 Å². The monoisotopic (exact) mass is 654 g/mol. The Balaban J connectivity index is 1.44. The van der Waals surface area contributed by atoms with Gasteiger partial charge < -0.3 is 29.5 Å². The summed E-state index contributed by atoms with van der Waals surface area (Å²) >= 11 is 0. The molecule has 0 bridgehead atoms. The largest absolute Gasteiger partial charge is 0.496 e. The summed E-state index contributed by atoms with van der Waals surface area (Å²) in [5.74, 6) is -0.957. The summed E-state index contributed by atoms with van der Waals surface area (Å²) in [7, 11) is 1.57. The molecule has 3 aromatic rings. The summed E-state index contributed by atoms with van der Waals surface area (Å²) in [6.45, 7) is 11.7. The number of nitriles is 1. The second-order valence-corrected chi connectivity index (χ2v) is 13.3. The number of carboxylic acid groups (broad SMARTS) is 1. The number of rotatable bonds is 12. The summed E-state index contributed by atoms with van der Waals surface area (Å²) in [5, 5.41) is 24.7. The number of fused-ring (bicyclic) bond motifs is 3. The molecule has 3 atom stereocenters. The van der Waals surface area contributed by atoms with Gasteiger partial charge in [0, 0.05) is 33.6 Å².